The summed E-state index contributed by atoms with van der Waals surface area (Å²) in [5.74, 6) is 0.566. The van der Waals surface area contributed by atoms with E-state index in [0.29, 0.717) is 37.6 Å². The number of benzene rings is 2. The lowest BCUT2D eigenvalue weighted by atomic mass is 10.1. The van der Waals surface area contributed by atoms with E-state index in [1.165, 1.54) is 30.6 Å². The first-order valence-corrected chi connectivity index (χ1v) is 10.4. The van der Waals surface area contributed by atoms with Crippen molar-refractivity contribution in [2.24, 2.45) is 0 Å². The van der Waals surface area contributed by atoms with Crippen LogP contribution < -0.4 is 4.74 Å². The van der Waals surface area contributed by atoms with Crippen molar-refractivity contribution in [3.8, 4) is 5.75 Å². The van der Waals surface area contributed by atoms with Crippen LogP contribution in [0.1, 0.15) is 15.9 Å². The second-order valence-corrected chi connectivity index (χ2v) is 8.58. The number of hydrogen-bond acceptors (Lipinski definition) is 5. The van der Waals surface area contributed by atoms with Crippen molar-refractivity contribution in [3.05, 3.63) is 59.7 Å². The van der Waals surface area contributed by atoms with Gasteiger partial charge in [0.05, 0.1) is 25.2 Å². The summed E-state index contributed by atoms with van der Waals surface area (Å²) in [5, 5.41) is 0. The summed E-state index contributed by atoms with van der Waals surface area (Å²) in [6, 6.07) is 13.3. The van der Waals surface area contributed by atoms with Crippen LogP contribution in [0.4, 0.5) is 0 Å². The molecule has 1 aliphatic heterocycles. The summed E-state index contributed by atoms with van der Waals surface area (Å²) in [6.45, 7) is 2.49. The highest BCUT2D eigenvalue weighted by Gasteiger charge is 2.22. The molecule has 0 saturated carbocycles. The van der Waals surface area contributed by atoms with Crippen LogP contribution in [-0.2, 0) is 21.3 Å². The standard InChI is InChI=1S/C20H24N2O5S/c1-21(28(24,25)19-9-7-18(26-2)8-10-19)15-16-3-5-17(6-4-16)20(23)22-11-13-27-14-12-22/h3-10H,11-15H2,1-2H3. The van der Waals surface area contributed by atoms with Gasteiger partial charge in [0.25, 0.3) is 5.91 Å². The molecule has 8 heteroatoms. The molecule has 0 unspecified atom stereocenters. The summed E-state index contributed by atoms with van der Waals surface area (Å²) in [5.41, 5.74) is 1.39. The zero-order valence-electron chi connectivity index (χ0n) is 16.0. The van der Waals surface area contributed by atoms with E-state index in [1.54, 1.807) is 41.3 Å². The summed E-state index contributed by atoms with van der Waals surface area (Å²) in [7, 11) is -0.552. The van der Waals surface area contributed by atoms with E-state index in [1.807, 2.05) is 0 Å². The van der Waals surface area contributed by atoms with Gasteiger partial charge in [-0.15, -0.1) is 0 Å². The van der Waals surface area contributed by atoms with Gasteiger partial charge in [0.2, 0.25) is 10.0 Å². The fourth-order valence-electron chi connectivity index (χ4n) is 2.97. The Labute approximate surface area is 165 Å². The summed E-state index contributed by atoms with van der Waals surface area (Å²) in [4.78, 5) is 14.4. The molecular weight excluding hydrogens is 380 g/mol. The lowest BCUT2D eigenvalue weighted by Crippen LogP contribution is -2.40. The van der Waals surface area contributed by atoms with Gasteiger partial charge in [0, 0.05) is 32.2 Å². The van der Waals surface area contributed by atoms with Crippen LogP contribution in [0.3, 0.4) is 0 Å². The molecule has 3 rings (SSSR count). The zero-order chi connectivity index (χ0) is 20.1. The fourth-order valence-corrected chi connectivity index (χ4v) is 4.13. The number of nitrogens with zero attached hydrogens (tertiary/aromatic N) is 2. The molecule has 28 heavy (non-hydrogen) atoms. The van der Waals surface area contributed by atoms with Crippen LogP contribution in [0.25, 0.3) is 0 Å². The number of rotatable bonds is 6. The van der Waals surface area contributed by atoms with E-state index in [2.05, 4.69) is 0 Å². The number of carbonyl (C=O) groups is 1. The van der Waals surface area contributed by atoms with E-state index < -0.39 is 10.0 Å². The number of carbonyl (C=O) groups excluding carboxylic acids is 1. The highest BCUT2D eigenvalue weighted by atomic mass is 32.2. The average Bonchev–Trinajstić information content (AvgIpc) is 2.74. The van der Waals surface area contributed by atoms with Gasteiger partial charge < -0.3 is 14.4 Å². The third-order valence-corrected chi connectivity index (χ3v) is 6.49. The molecule has 0 atom stereocenters. The maximum atomic E-state index is 12.7. The quantitative estimate of drug-likeness (QED) is 0.736. The van der Waals surface area contributed by atoms with Crippen molar-refractivity contribution in [2.45, 2.75) is 11.4 Å². The molecule has 150 valence electrons. The summed E-state index contributed by atoms with van der Waals surface area (Å²) >= 11 is 0. The lowest BCUT2D eigenvalue weighted by Gasteiger charge is -2.27. The molecule has 0 radical (unpaired) electrons. The van der Waals surface area contributed by atoms with Crippen molar-refractivity contribution < 1.29 is 22.7 Å². The maximum Gasteiger partial charge on any atom is 0.254 e. The summed E-state index contributed by atoms with van der Waals surface area (Å²) in [6.07, 6.45) is 0. The van der Waals surface area contributed by atoms with E-state index in [9.17, 15) is 13.2 Å². The molecule has 1 fully saturated rings. The van der Waals surface area contributed by atoms with E-state index >= 15 is 0 Å². The van der Waals surface area contributed by atoms with Crippen molar-refractivity contribution in [3.63, 3.8) is 0 Å². The molecule has 1 aliphatic rings. The SMILES string of the molecule is COc1ccc(S(=O)(=O)N(C)Cc2ccc(C(=O)N3CCOCC3)cc2)cc1. The first-order chi connectivity index (χ1) is 13.4. The zero-order valence-corrected chi connectivity index (χ0v) is 16.8. The minimum atomic E-state index is -3.62. The Morgan fingerprint density at radius 1 is 1.07 bits per heavy atom. The monoisotopic (exact) mass is 404 g/mol. The molecule has 2 aromatic rings. The molecule has 0 aromatic heterocycles. The average molecular weight is 404 g/mol. The number of morpholine rings is 1. The second-order valence-electron chi connectivity index (χ2n) is 6.54. The summed E-state index contributed by atoms with van der Waals surface area (Å²) < 4.78 is 37.1. The molecule has 0 N–H and O–H groups in total. The van der Waals surface area contributed by atoms with Gasteiger partial charge in [-0.1, -0.05) is 12.1 Å². The normalized spacial score (nSPS) is 14.9. The van der Waals surface area contributed by atoms with Crippen molar-refractivity contribution in [1.82, 2.24) is 9.21 Å². The first-order valence-electron chi connectivity index (χ1n) is 8.98. The predicted octanol–water partition coefficient (Wildman–Crippen LogP) is 1.99. The third kappa shape index (κ3) is 4.52. The molecule has 2 aromatic carbocycles. The second kappa shape index (κ2) is 8.72. The Hall–Kier alpha value is -2.42. The molecule has 1 saturated heterocycles. The number of amides is 1. The Kier molecular flexibility index (Phi) is 6.33. The highest BCUT2D eigenvalue weighted by Crippen LogP contribution is 2.20. The van der Waals surface area contributed by atoms with E-state index in [4.69, 9.17) is 9.47 Å². The van der Waals surface area contributed by atoms with E-state index in [0.717, 1.165) is 5.56 Å². The van der Waals surface area contributed by atoms with Crippen LogP contribution in [0, 0.1) is 0 Å². The molecule has 0 spiro atoms. The largest absolute Gasteiger partial charge is 0.497 e. The van der Waals surface area contributed by atoms with Crippen LogP contribution in [0.15, 0.2) is 53.4 Å². The Morgan fingerprint density at radius 2 is 1.68 bits per heavy atom. The van der Waals surface area contributed by atoms with Gasteiger partial charge >= 0.3 is 0 Å². The minimum absolute atomic E-state index is 0.0333. The molecule has 0 aliphatic carbocycles. The van der Waals surface area contributed by atoms with Crippen LogP contribution in [0.2, 0.25) is 0 Å². The van der Waals surface area contributed by atoms with Crippen molar-refractivity contribution >= 4 is 15.9 Å². The Balaban J connectivity index is 1.67. The number of ether oxygens (including phenoxy) is 2. The smallest absolute Gasteiger partial charge is 0.254 e. The van der Waals surface area contributed by atoms with E-state index in [-0.39, 0.29) is 17.3 Å². The maximum absolute atomic E-state index is 12.7. The van der Waals surface area contributed by atoms with Gasteiger partial charge in [-0.2, -0.15) is 4.31 Å². The van der Waals surface area contributed by atoms with Crippen molar-refractivity contribution in [2.75, 3.05) is 40.5 Å². The Bertz CT molecular complexity index is 905. The molecule has 0 bridgehead atoms. The first kappa shape index (κ1) is 20.3. The van der Waals surface area contributed by atoms with Gasteiger partial charge in [0.15, 0.2) is 0 Å². The van der Waals surface area contributed by atoms with Crippen LogP contribution >= 0.6 is 0 Å². The number of methoxy groups -OCH3 is 1. The molecular formula is C20H24N2O5S. The van der Waals surface area contributed by atoms with Crippen LogP contribution in [0.5, 0.6) is 5.75 Å². The van der Waals surface area contributed by atoms with Gasteiger partial charge in [0.1, 0.15) is 5.75 Å². The van der Waals surface area contributed by atoms with Crippen LogP contribution in [-0.4, -0.2) is 64.0 Å². The topological polar surface area (TPSA) is 76.2 Å². The minimum Gasteiger partial charge on any atom is -0.497 e. The third-order valence-electron chi connectivity index (χ3n) is 4.67. The number of hydrogen-bond donors (Lipinski definition) is 0. The fraction of sp³-hybridized carbons (Fsp3) is 0.350. The molecule has 1 heterocycles. The Morgan fingerprint density at radius 3 is 2.25 bits per heavy atom. The number of sulfonamides is 1. The van der Waals surface area contributed by atoms with Gasteiger partial charge in [-0.05, 0) is 42.0 Å². The molecule has 7 nitrogen and oxygen atoms in total. The predicted molar refractivity (Wildman–Crippen MR) is 105 cm³/mol. The van der Waals surface area contributed by atoms with Crippen molar-refractivity contribution in [1.29, 1.82) is 0 Å². The van der Waals surface area contributed by atoms with Gasteiger partial charge in [-0.3, -0.25) is 4.79 Å². The molecule has 1 amide bonds. The highest BCUT2D eigenvalue weighted by molar-refractivity contribution is 7.89. The lowest BCUT2D eigenvalue weighted by molar-refractivity contribution is 0.0303. The van der Waals surface area contributed by atoms with Gasteiger partial charge in [-0.25, -0.2) is 8.42 Å².